The second-order valence-corrected chi connectivity index (χ2v) is 11.0. The van der Waals surface area contributed by atoms with Gasteiger partial charge in [-0.3, -0.25) is 14.4 Å². The van der Waals surface area contributed by atoms with E-state index in [9.17, 15) is 24.6 Å². The first-order chi connectivity index (χ1) is 21.9. The molecule has 9 nitrogen and oxygen atoms in total. The van der Waals surface area contributed by atoms with E-state index in [-0.39, 0.29) is 37.3 Å². The summed E-state index contributed by atoms with van der Waals surface area (Å²) in [4.78, 5) is 36.9. The molecule has 1 aliphatic carbocycles. The van der Waals surface area contributed by atoms with E-state index in [1.54, 1.807) is 60.7 Å². The van der Waals surface area contributed by atoms with E-state index < -0.39 is 24.2 Å². The van der Waals surface area contributed by atoms with Gasteiger partial charge in [-0.1, -0.05) is 55.0 Å². The number of allylic oxidation sites excluding steroid dienone is 2. The maximum Gasteiger partial charge on any atom is 0.311 e. The molecule has 1 saturated carbocycles. The average molecular weight is 616 g/mol. The van der Waals surface area contributed by atoms with E-state index >= 15 is 0 Å². The lowest BCUT2D eigenvalue weighted by Gasteiger charge is -2.22. The monoisotopic (exact) mass is 615 g/mol. The lowest BCUT2D eigenvalue weighted by atomic mass is 9.99. The number of hydrogen-bond donors (Lipinski definition) is 3. The summed E-state index contributed by atoms with van der Waals surface area (Å²) in [7, 11) is 0. The number of aliphatic hydroxyl groups excluding tert-OH is 2. The van der Waals surface area contributed by atoms with Gasteiger partial charge in [0.15, 0.2) is 0 Å². The van der Waals surface area contributed by atoms with Gasteiger partial charge >= 0.3 is 5.97 Å². The fraction of sp³-hybridized carbons (Fsp3) is 0.361. The molecular formula is C36H41NO8. The first-order valence-electron chi connectivity index (χ1n) is 15.4. The lowest BCUT2D eigenvalue weighted by Crippen LogP contribution is -2.34. The predicted molar refractivity (Wildman–Crippen MR) is 170 cm³/mol. The lowest BCUT2D eigenvalue weighted by molar-refractivity contribution is -0.134. The Hall–Kier alpha value is -4.31. The molecule has 0 radical (unpaired) electrons. The van der Waals surface area contributed by atoms with Crippen LogP contribution in [0.2, 0.25) is 0 Å². The van der Waals surface area contributed by atoms with Crippen LogP contribution in [-0.4, -0.2) is 59.4 Å². The maximum atomic E-state index is 12.4. The third-order valence-corrected chi connectivity index (χ3v) is 7.45. The standard InChI is InChI=1S/C36H41NO8/c38-28(24-43-29-15-9-6-10-16-29)25-44-35-31(32(39)23-33(35)40)17-11-3-1-2-4-12-18-34(41)45-30-21-19-27(20-22-30)37-36(42)26-13-7-5-8-14-26/h3,5-11,13-16,19-22,28,31,33,35,38,40H,1-2,4,12,17-18,23-25H2,(H,37,42)/b11-3-/t28?,31-,33-,35-/m0/s1. The number of benzene rings is 3. The first-order valence-corrected chi connectivity index (χ1v) is 15.4. The number of hydrogen-bond acceptors (Lipinski definition) is 8. The molecule has 9 heteroatoms. The number of carbonyl (C=O) groups is 3. The minimum absolute atomic E-state index is 0.0389. The second kappa shape index (κ2) is 17.9. The maximum absolute atomic E-state index is 12.4. The van der Waals surface area contributed by atoms with E-state index in [4.69, 9.17) is 14.2 Å². The highest BCUT2D eigenvalue weighted by molar-refractivity contribution is 6.04. The Morgan fingerprint density at radius 2 is 1.58 bits per heavy atom. The van der Waals surface area contributed by atoms with Gasteiger partial charge in [0.25, 0.3) is 5.91 Å². The van der Waals surface area contributed by atoms with E-state index in [0.717, 1.165) is 19.3 Å². The fourth-order valence-electron chi connectivity index (χ4n) is 5.05. The first kappa shape index (κ1) is 33.6. The number of unbranched alkanes of at least 4 members (excludes halogenated alkanes) is 3. The highest BCUT2D eigenvalue weighted by Gasteiger charge is 2.41. The van der Waals surface area contributed by atoms with Crippen molar-refractivity contribution >= 4 is 23.3 Å². The molecule has 3 aromatic carbocycles. The molecule has 238 valence electrons. The number of carbonyl (C=O) groups excluding carboxylic acids is 3. The molecule has 4 rings (SSSR count). The molecule has 0 aromatic heterocycles. The van der Waals surface area contributed by atoms with Crippen molar-refractivity contribution in [2.24, 2.45) is 5.92 Å². The quantitative estimate of drug-likeness (QED) is 0.0784. The van der Waals surface area contributed by atoms with Gasteiger partial charge in [0.05, 0.1) is 18.8 Å². The summed E-state index contributed by atoms with van der Waals surface area (Å²) in [6, 6.07) is 24.7. The molecule has 0 saturated heterocycles. The van der Waals surface area contributed by atoms with Crippen molar-refractivity contribution in [3.8, 4) is 11.5 Å². The van der Waals surface area contributed by atoms with E-state index in [2.05, 4.69) is 5.32 Å². The van der Waals surface area contributed by atoms with Crippen LogP contribution in [0.5, 0.6) is 11.5 Å². The second-order valence-electron chi connectivity index (χ2n) is 11.0. The Bertz CT molecular complexity index is 1380. The van der Waals surface area contributed by atoms with Gasteiger partial charge in [-0.15, -0.1) is 0 Å². The molecule has 4 atom stereocenters. The highest BCUT2D eigenvalue weighted by Crippen LogP contribution is 2.29. The number of Topliss-reactive ketones (excluding diaryl/α,β-unsaturated/α-hetero) is 1. The average Bonchev–Trinajstić information content (AvgIpc) is 3.33. The van der Waals surface area contributed by atoms with Crippen LogP contribution in [0, 0.1) is 5.92 Å². The molecule has 3 N–H and O–H groups in total. The predicted octanol–water partition coefficient (Wildman–Crippen LogP) is 5.52. The van der Waals surface area contributed by atoms with Crippen LogP contribution in [0.4, 0.5) is 5.69 Å². The Kier molecular flexibility index (Phi) is 13.3. The summed E-state index contributed by atoms with van der Waals surface area (Å²) in [6.45, 7) is 0.00932. The van der Waals surface area contributed by atoms with Crippen LogP contribution in [0.1, 0.15) is 55.3 Å². The highest BCUT2D eigenvalue weighted by atomic mass is 16.5. The number of esters is 1. The van der Waals surface area contributed by atoms with E-state index in [1.165, 1.54) is 0 Å². The van der Waals surface area contributed by atoms with Crippen molar-refractivity contribution in [3.05, 3.63) is 103 Å². The minimum Gasteiger partial charge on any atom is -0.491 e. The third-order valence-electron chi connectivity index (χ3n) is 7.45. The van der Waals surface area contributed by atoms with Crippen LogP contribution in [-0.2, 0) is 14.3 Å². The van der Waals surface area contributed by atoms with Crippen molar-refractivity contribution in [1.29, 1.82) is 0 Å². The summed E-state index contributed by atoms with van der Waals surface area (Å²) >= 11 is 0. The fourth-order valence-corrected chi connectivity index (χ4v) is 5.05. The Morgan fingerprint density at radius 3 is 2.31 bits per heavy atom. The van der Waals surface area contributed by atoms with Crippen molar-refractivity contribution < 1.29 is 38.8 Å². The largest absolute Gasteiger partial charge is 0.491 e. The molecule has 1 unspecified atom stereocenters. The third kappa shape index (κ3) is 11.3. The van der Waals surface area contributed by atoms with Gasteiger partial charge in [0.2, 0.25) is 0 Å². The Morgan fingerprint density at radius 1 is 0.867 bits per heavy atom. The van der Waals surface area contributed by atoms with E-state index in [0.29, 0.717) is 42.0 Å². The summed E-state index contributed by atoms with van der Waals surface area (Å²) in [5, 5.41) is 23.4. The zero-order valence-corrected chi connectivity index (χ0v) is 25.3. The summed E-state index contributed by atoms with van der Waals surface area (Å²) in [5.41, 5.74) is 1.17. The normalized spacial score (nSPS) is 18.5. The number of rotatable bonds is 17. The zero-order chi connectivity index (χ0) is 31.9. The summed E-state index contributed by atoms with van der Waals surface area (Å²) < 4.78 is 16.7. The van der Waals surface area contributed by atoms with Gasteiger partial charge < -0.3 is 29.7 Å². The molecule has 0 aliphatic heterocycles. The molecule has 3 aromatic rings. The molecule has 45 heavy (non-hydrogen) atoms. The Labute approximate surface area is 263 Å². The van der Waals surface area contributed by atoms with Crippen molar-refractivity contribution in [2.75, 3.05) is 18.5 Å². The van der Waals surface area contributed by atoms with Crippen molar-refractivity contribution in [1.82, 2.24) is 0 Å². The van der Waals surface area contributed by atoms with Gasteiger partial charge in [0, 0.05) is 30.0 Å². The molecule has 0 heterocycles. The topological polar surface area (TPSA) is 131 Å². The van der Waals surface area contributed by atoms with Crippen LogP contribution < -0.4 is 14.8 Å². The molecule has 0 bridgehead atoms. The zero-order valence-electron chi connectivity index (χ0n) is 25.3. The summed E-state index contributed by atoms with van der Waals surface area (Å²) in [6.07, 6.45) is 5.53. The van der Waals surface area contributed by atoms with Gasteiger partial charge in [-0.05, 0) is 74.2 Å². The number of ether oxygens (including phenoxy) is 3. The SMILES string of the molecule is O=C(CCCCC/C=C\C[C@H]1C(=O)C[C@H](O)[C@H]1OCC(O)COc1ccccc1)Oc1ccc(NC(=O)c2ccccc2)cc1. The number of para-hydroxylation sites is 1. The van der Waals surface area contributed by atoms with Crippen molar-refractivity contribution in [2.45, 2.75) is 63.3 Å². The van der Waals surface area contributed by atoms with Crippen LogP contribution in [0.15, 0.2) is 97.1 Å². The summed E-state index contributed by atoms with van der Waals surface area (Å²) in [5.74, 6) is 0.0404. The van der Waals surface area contributed by atoms with Crippen molar-refractivity contribution in [3.63, 3.8) is 0 Å². The van der Waals surface area contributed by atoms with Gasteiger partial charge in [0.1, 0.15) is 30.0 Å². The Balaban J connectivity index is 1.07. The molecule has 1 fully saturated rings. The van der Waals surface area contributed by atoms with Crippen LogP contribution >= 0.6 is 0 Å². The van der Waals surface area contributed by atoms with Gasteiger partial charge in [-0.2, -0.15) is 0 Å². The van der Waals surface area contributed by atoms with Gasteiger partial charge in [-0.25, -0.2) is 0 Å². The van der Waals surface area contributed by atoms with E-state index in [1.807, 2.05) is 36.4 Å². The van der Waals surface area contributed by atoms with Crippen LogP contribution in [0.3, 0.4) is 0 Å². The minimum atomic E-state index is -0.892. The number of ketones is 1. The molecular weight excluding hydrogens is 574 g/mol. The number of nitrogens with one attached hydrogen (secondary N) is 1. The molecule has 1 amide bonds. The smallest absolute Gasteiger partial charge is 0.311 e. The number of amides is 1. The van der Waals surface area contributed by atoms with Crippen LogP contribution in [0.25, 0.3) is 0 Å². The number of anilines is 1. The molecule has 0 spiro atoms. The molecule has 1 aliphatic rings. The number of aliphatic hydroxyl groups is 2.